The number of halogens is 2. The van der Waals surface area contributed by atoms with Gasteiger partial charge in [-0.2, -0.15) is 0 Å². The molecule has 1 atom stereocenters. The van der Waals surface area contributed by atoms with Crippen LogP contribution >= 0.6 is 0 Å². The molecule has 3 aromatic carbocycles. The van der Waals surface area contributed by atoms with Gasteiger partial charge in [0.2, 0.25) is 6.10 Å². The highest BCUT2D eigenvalue weighted by Crippen LogP contribution is 2.27. The first-order valence-corrected chi connectivity index (χ1v) is 11.0. The third-order valence-corrected chi connectivity index (χ3v) is 5.25. The largest absolute Gasteiger partial charge is 0.497 e. The van der Waals surface area contributed by atoms with Gasteiger partial charge in [-0.05, 0) is 36.4 Å². The predicted octanol–water partition coefficient (Wildman–Crippen LogP) is 5.48. The Bertz CT molecular complexity index is 1320. The number of amides is 1. The molecule has 0 aliphatic heterocycles. The molecule has 184 valence electrons. The Morgan fingerprint density at radius 1 is 0.972 bits per heavy atom. The molecule has 1 amide bonds. The number of methoxy groups -OCH3 is 1. The number of aryl methyl sites for hydroxylation is 1. The van der Waals surface area contributed by atoms with Gasteiger partial charge < -0.3 is 19.2 Å². The van der Waals surface area contributed by atoms with Crippen LogP contribution in [0.1, 0.15) is 24.0 Å². The highest BCUT2D eigenvalue weighted by atomic mass is 19.1. The van der Waals surface area contributed by atoms with Crippen LogP contribution in [0.3, 0.4) is 0 Å². The first kappa shape index (κ1) is 24.6. The van der Waals surface area contributed by atoms with Crippen molar-refractivity contribution in [2.75, 3.05) is 12.4 Å². The minimum atomic E-state index is -1.20. The van der Waals surface area contributed by atoms with E-state index in [4.69, 9.17) is 13.9 Å². The summed E-state index contributed by atoms with van der Waals surface area (Å²) in [5.74, 6) is -2.14. The Labute approximate surface area is 205 Å². The number of rotatable bonds is 9. The van der Waals surface area contributed by atoms with E-state index in [0.29, 0.717) is 17.0 Å². The number of carbonyl (C=O) groups is 2. The molecule has 0 bridgehead atoms. The van der Waals surface area contributed by atoms with Gasteiger partial charge in [0.25, 0.3) is 5.91 Å². The number of oxazole rings is 1. The van der Waals surface area contributed by atoms with Crippen LogP contribution in [0.25, 0.3) is 11.3 Å². The summed E-state index contributed by atoms with van der Waals surface area (Å²) in [6, 6.07) is 18.8. The lowest BCUT2D eigenvalue weighted by Gasteiger charge is -2.18. The summed E-state index contributed by atoms with van der Waals surface area (Å²) in [4.78, 5) is 29.6. The zero-order valence-electron chi connectivity index (χ0n) is 19.2. The van der Waals surface area contributed by atoms with Gasteiger partial charge in [-0.3, -0.25) is 9.59 Å². The van der Waals surface area contributed by atoms with Crippen LogP contribution in [0.2, 0.25) is 0 Å². The normalized spacial score (nSPS) is 11.5. The highest BCUT2D eigenvalue weighted by Gasteiger charge is 2.25. The van der Waals surface area contributed by atoms with Gasteiger partial charge in [-0.25, -0.2) is 13.8 Å². The van der Waals surface area contributed by atoms with Crippen molar-refractivity contribution in [3.8, 4) is 17.1 Å². The summed E-state index contributed by atoms with van der Waals surface area (Å²) in [5, 5.41) is 2.73. The number of carbonyl (C=O) groups excluding carboxylic acids is 2. The summed E-state index contributed by atoms with van der Waals surface area (Å²) < 4.78 is 44.0. The lowest BCUT2D eigenvalue weighted by molar-refractivity contribution is -0.154. The fraction of sp³-hybridized carbons (Fsp3) is 0.148. The third kappa shape index (κ3) is 5.93. The van der Waals surface area contributed by atoms with E-state index in [2.05, 4.69) is 10.3 Å². The van der Waals surface area contributed by atoms with Crippen molar-refractivity contribution in [3.05, 3.63) is 102 Å². The van der Waals surface area contributed by atoms with Gasteiger partial charge in [-0.15, -0.1) is 0 Å². The molecule has 0 fully saturated rings. The monoisotopic (exact) mass is 492 g/mol. The smallest absolute Gasteiger partial charge is 0.307 e. The summed E-state index contributed by atoms with van der Waals surface area (Å²) in [5.41, 5.74) is 0.661. The molecule has 1 unspecified atom stereocenters. The molecule has 0 radical (unpaired) electrons. The predicted molar refractivity (Wildman–Crippen MR) is 127 cm³/mol. The van der Waals surface area contributed by atoms with E-state index >= 15 is 0 Å². The number of benzene rings is 3. The van der Waals surface area contributed by atoms with Gasteiger partial charge in [0, 0.05) is 17.7 Å². The van der Waals surface area contributed by atoms with E-state index in [-0.39, 0.29) is 30.1 Å². The first-order valence-electron chi connectivity index (χ1n) is 11.0. The Balaban J connectivity index is 1.42. The van der Waals surface area contributed by atoms with Crippen molar-refractivity contribution in [1.29, 1.82) is 0 Å². The average molecular weight is 492 g/mol. The zero-order chi connectivity index (χ0) is 25.5. The average Bonchev–Trinajstić information content (AvgIpc) is 3.35. The van der Waals surface area contributed by atoms with Crippen molar-refractivity contribution < 1.29 is 32.3 Å². The van der Waals surface area contributed by atoms with Gasteiger partial charge in [0.05, 0.1) is 25.3 Å². The molecule has 4 aromatic rings. The molecule has 1 aromatic heterocycles. The number of esters is 1. The van der Waals surface area contributed by atoms with Crippen LogP contribution in [0.4, 0.5) is 14.5 Å². The molecule has 0 saturated heterocycles. The van der Waals surface area contributed by atoms with Crippen LogP contribution in [0.15, 0.2) is 83.4 Å². The summed E-state index contributed by atoms with van der Waals surface area (Å²) >= 11 is 0. The molecule has 1 heterocycles. The second-order valence-corrected chi connectivity index (χ2v) is 7.71. The van der Waals surface area contributed by atoms with Crippen LogP contribution in [0.5, 0.6) is 5.75 Å². The standard InChI is InChI=1S/C27H22F2N2O5/c1-34-19-12-10-18(11-13-19)31-27(33)26(17-6-3-2-4-7-17)36-24(32)15-14-23-30-16-22(35-23)25-20(28)8-5-9-21(25)29/h2-13,16,26H,14-15H2,1H3,(H,31,33). The van der Waals surface area contributed by atoms with Gasteiger partial charge in [-0.1, -0.05) is 36.4 Å². The van der Waals surface area contributed by atoms with E-state index in [1.807, 2.05) is 0 Å². The van der Waals surface area contributed by atoms with Crippen LogP contribution in [0, 0.1) is 11.6 Å². The van der Waals surface area contributed by atoms with Crippen molar-refractivity contribution >= 4 is 17.6 Å². The van der Waals surface area contributed by atoms with E-state index in [9.17, 15) is 18.4 Å². The highest BCUT2D eigenvalue weighted by molar-refractivity contribution is 5.96. The number of nitrogens with one attached hydrogen (secondary N) is 1. The van der Waals surface area contributed by atoms with Crippen LogP contribution < -0.4 is 10.1 Å². The van der Waals surface area contributed by atoms with Crippen LogP contribution in [-0.4, -0.2) is 24.0 Å². The van der Waals surface area contributed by atoms with Crippen LogP contribution in [-0.2, 0) is 20.7 Å². The minimum absolute atomic E-state index is 0.0104. The number of hydrogen-bond donors (Lipinski definition) is 1. The van der Waals surface area contributed by atoms with Gasteiger partial charge >= 0.3 is 5.97 Å². The second kappa shape index (κ2) is 11.3. The van der Waals surface area contributed by atoms with Crippen molar-refractivity contribution in [2.24, 2.45) is 0 Å². The summed E-state index contributed by atoms with van der Waals surface area (Å²) in [6.45, 7) is 0. The van der Waals surface area contributed by atoms with Gasteiger partial charge in [0.1, 0.15) is 17.4 Å². The van der Waals surface area contributed by atoms with E-state index in [0.717, 1.165) is 12.1 Å². The number of hydrogen-bond acceptors (Lipinski definition) is 6. The van der Waals surface area contributed by atoms with Gasteiger partial charge in [0.15, 0.2) is 11.7 Å². The number of aromatic nitrogens is 1. The maximum atomic E-state index is 14.0. The second-order valence-electron chi connectivity index (χ2n) is 7.71. The van der Waals surface area contributed by atoms with Crippen molar-refractivity contribution in [2.45, 2.75) is 18.9 Å². The lowest BCUT2D eigenvalue weighted by Crippen LogP contribution is -2.26. The molecule has 0 aliphatic rings. The molecule has 9 heteroatoms. The summed E-state index contributed by atoms with van der Waals surface area (Å²) in [6.07, 6.45) is -0.166. The maximum absolute atomic E-state index is 14.0. The Kier molecular flexibility index (Phi) is 7.69. The molecule has 0 spiro atoms. The van der Waals surface area contributed by atoms with E-state index in [1.54, 1.807) is 54.6 Å². The van der Waals surface area contributed by atoms with Crippen molar-refractivity contribution in [3.63, 3.8) is 0 Å². The fourth-order valence-electron chi connectivity index (χ4n) is 3.46. The van der Waals surface area contributed by atoms with Crippen molar-refractivity contribution in [1.82, 2.24) is 4.98 Å². The SMILES string of the molecule is COc1ccc(NC(=O)C(OC(=O)CCc2ncc(-c3c(F)cccc3F)o2)c2ccccc2)cc1. The maximum Gasteiger partial charge on any atom is 0.307 e. The third-order valence-electron chi connectivity index (χ3n) is 5.25. The molecule has 4 rings (SSSR count). The van der Waals surface area contributed by atoms with E-state index in [1.165, 1.54) is 19.4 Å². The molecule has 0 aliphatic carbocycles. The summed E-state index contributed by atoms with van der Waals surface area (Å²) in [7, 11) is 1.54. The Morgan fingerprint density at radius 3 is 2.33 bits per heavy atom. The number of ether oxygens (including phenoxy) is 2. The molecular weight excluding hydrogens is 470 g/mol. The molecule has 36 heavy (non-hydrogen) atoms. The quantitative estimate of drug-likeness (QED) is 0.311. The molecule has 1 N–H and O–H groups in total. The molecular formula is C27H22F2N2O5. The number of anilines is 1. The fourth-order valence-corrected chi connectivity index (χ4v) is 3.46. The zero-order valence-corrected chi connectivity index (χ0v) is 19.2. The minimum Gasteiger partial charge on any atom is -0.497 e. The molecule has 0 saturated carbocycles. The molecule has 7 nitrogen and oxygen atoms in total. The first-order chi connectivity index (χ1) is 17.4. The Morgan fingerprint density at radius 2 is 1.67 bits per heavy atom. The number of nitrogens with zero attached hydrogens (tertiary/aromatic N) is 1. The van der Waals surface area contributed by atoms with E-state index < -0.39 is 29.6 Å². The Hall–Kier alpha value is -4.53. The lowest BCUT2D eigenvalue weighted by atomic mass is 10.1. The topological polar surface area (TPSA) is 90.7 Å².